The third-order valence-corrected chi connectivity index (χ3v) is 10.6. The van der Waals surface area contributed by atoms with E-state index in [4.69, 9.17) is 0 Å². The van der Waals surface area contributed by atoms with Crippen molar-refractivity contribution in [1.29, 1.82) is 0 Å². The van der Waals surface area contributed by atoms with Crippen molar-refractivity contribution >= 4 is 60.2 Å². The third-order valence-electron chi connectivity index (χ3n) is 10.6. The lowest BCUT2D eigenvalue weighted by Gasteiger charge is -2.26. The Balaban J connectivity index is 1.02. The largest absolute Gasteiger partial charge is 0.310 e. The number of hydrogen-bond acceptors (Lipinski definition) is 1. The molecule has 0 unspecified atom stereocenters. The van der Waals surface area contributed by atoms with Gasteiger partial charge in [0.25, 0.3) is 0 Å². The molecular formula is C52H35N. The van der Waals surface area contributed by atoms with Crippen LogP contribution in [0.5, 0.6) is 0 Å². The molecule has 0 saturated carbocycles. The van der Waals surface area contributed by atoms with E-state index < -0.39 is 0 Å². The van der Waals surface area contributed by atoms with Crippen molar-refractivity contribution < 1.29 is 0 Å². The highest BCUT2D eigenvalue weighted by atomic mass is 15.1. The maximum Gasteiger partial charge on any atom is 0.0468 e. The maximum atomic E-state index is 2.35. The Labute approximate surface area is 309 Å². The predicted octanol–water partition coefficient (Wildman–Crippen LogP) is 14.8. The second-order valence-electron chi connectivity index (χ2n) is 13.7. The summed E-state index contributed by atoms with van der Waals surface area (Å²) in [6, 6.07) is 77.1. The molecule has 10 aromatic carbocycles. The minimum atomic E-state index is 1.11. The summed E-state index contributed by atoms with van der Waals surface area (Å²) in [5.74, 6) is 0. The van der Waals surface area contributed by atoms with Crippen LogP contribution in [0.3, 0.4) is 0 Å². The van der Waals surface area contributed by atoms with Crippen molar-refractivity contribution in [2.45, 2.75) is 0 Å². The number of rotatable bonds is 6. The molecule has 0 aliphatic rings. The van der Waals surface area contributed by atoms with Gasteiger partial charge in [-0.15, -0.1) is 0 Å². The Morgan fingerprint density at radius 2 is 0.660 bits per heavy atom. The van der Waals surface area contributed by atoms with Gasteiger partial charge in [-0.3, -0.25) is 0 Å². The van der Waals surface area contributed by atoms with Crippen LogP contribution < -0.4 is 4.90 Å². The van der Waals surface area contributed by atoms with E-state index in [0.29, 0.717) is 0 Å². The Hall–Kier alpha value is -6.96. The van der Waals surface area contributed by atoms with Crippen molar-refractivity contribution in [3.63, 3.8) is 0 Å². The SMILES string of the molecule is c1ccc(-c2ccc(N(c3ccc(-c4ccc(-c5cccc6c7ccccc7c7ccccc7c56)cc4)cc3)c3ccc4ccccc4c3)cc2)cc1. The molecule has 0 aliphatic heterocycles. The van der Waals surface area contributed by atoms with Crippen LogP contribution in [0.2, 0.25) is 0 Å². The van der Waals surface area contributed by atoms with Gasteiger partial charge in [0, 0.05) is 17.1 Å². The highest BCUT2D eigenvalue weighted by Crippen LogP contribution is 2.41. The van der Waals surface area contributed by atoms with Crippen molar-refractivity contribution in [3.8, 4) is 33.4 Å². The van der Waals surface area contributed by atoms with Crippen LogP contribution in [0.25, 0.3) is 76.5 Å². The molecule has 0 N–H and O–H groups in total. The van der Waals surface area contributed by atoms with Crippen LogP contribution in [-0.4, -0.2) is 0 Å². The fourth-order valence-electron chi connectivity index (χ4n) is 8.04. The lowest BCUT2D eigenvalue weighted by molar-refractivity contribution is 1.29. The van der Waals surface area contributed by atoms with Crippen molar-refractivity contribution in [1.82, 2.24) is 0 Å². The summed E-state index contributed by atoms with van der Waals surface area (Å²) in [6.07, 6.45) is 0. The first-order chi connectivity index (χ1) is 26.3. The molecule has 0 amide bonds. The minimum absolute atomic E-state index is 1.11. The fourth-order valence-corrected chi connectivity index (χ4v) is 8.04. The predicted molar refractivity (Wildman–Crippen MR) is 227 cm³/mol. The van der Waals surface area contributed by atoms with Gasteiger partial charge in [0.2, 0.25) is 0 Å². The highest BCUT2D eigenvalue weighted by Gasteiger charge is 2.15. The zero-order chi connectivity index (χ0) is 35.1. The van der Waals surface area contributed by atoms with Crippen LogP contribution in [0.4, 0.5) is 17.1 Å². The molecule has 0 radical (unpaired) electrons. The molecule has 0 heterocycles. The van der Waals surface area contributed by atoms with Gasteiger partial charge in [-0.25, -0.2) is 0 Å². The first-order valence-corrected chi connectivity index (χ1v) is 18.3. The molecular weight excluding hydrogens is 639 g/mol. The molecule has 0 spiro atoms. The standard InChI is InChI=1S/C52H35N/c1-2-11-36(12-3-1)39-25-30-43(31-26-39)53(45-34-29-37-13-4-5-14-42(37)35-45)44-32-27-40(28-33-44)38-21-23-41(24-22-38)46-19-10-20-51-49-16-7-6-15-47(49)48-17-8-9-18-50(48)52(46)51/h1-35H. The first-order valence-electron chi connectivity index (χ1n) is 18.3. The summed E-state index contributed by atoms with van der Waals surface area (Å²) in [6.45, 7) is 0. The maximum absolute atomic E-state index is 2.35. The number of benzene rings is 10. The molecule has 0 bridgehead atoms. The Bertz CT molecular complexity index is 2860. The van der Waals surface area contributed by atoms with Crippen LogP contribution >= 0.6 is 0 Å². The molecule has 0 atom stereocenters. The monoisotopic (exact) mass is 673 g/mol. The van der Waals surface area contributed by atoms with E-state index in [-0.39, 0.29) is 0 Å². The van der Waals surface area contributed by atoms with E-state index in [1.54, 1.807) is 0 Å². The lowest BCUT2D eigenvalue weighted by atomic mass is 9.89. The smallest absolute Gasteiger partial charge is 0.0468 e. The molecule has 0 aliphatic carbocycles. The Morgan fingerprint density at radius 1 is 0.245 bits per heavy atom. The molecule has 10 aromatic rings. The average molecular weight is 674 g/mol. The summed E-state index contributed by atoms with van der Waals surface area (Å²) in [4.78, 5) is 2.35. The molecule has 53 heavy (non-hydrogen) atoms. The Kier molecular flexibility index (Phi) is 7.55. The van der Waals surface area contributed by atoms with Gasteiger partial charge in [-0.2, -0.15) is 0 Å². The van der Waals surface area contributed by atoms with E-state index in [0.717, 1.165) is 17.1 Å². The molecule has 10 rings (SSSR count). The van der Waals surface area contributed by atoms with Crippen LogP contribution in [0, 0.1) is 0 Å². The molecule has 0 saturated heterocycles. The van der Waals surface area contributed by atoms with Crippen molar-refractivity contribution in [2.24, 2.45) is 0 Å². The molecule has 0 fully saturated rings. The fraction of sp³-hybridized carbons (Fsp3) is 0. The van der Waals surface area contributed by atoms with Gasteiger partial charge in [-0.1, -0.05) is 176 Å². The van der Waals surface area contributed by atoms with Crippen LogP contribution in [-0.2, 0) is 0 Å². The number of fused-ring (bicyclic) bond motifs is 7. The summed E-state index contributed by atoms with van der Waals surface area (Å²) < 4.78 is 0. The van der Waals surface area contributed by atoms with Gasteiger partial charge >= 0.3 is 0 Å². The second kappa shape index (κ2) is 13.0. The molecule has 1 nitrogen and oxygen atoms in total. The molecule has 0 aromatic heterocycles. The van der Waals surface area contributed by atoms with E-state index >= 15 is 0 Å². The number of nitrogens with zero attached hydrogens (tertiary/aromatic N) is 1. The van der Waals surface area contributed by atoms with Gasteiger partial charge in [0.1, 0.15) is 0 Å². The van der Waals surface area contributed by atoms with E-state index in [9.17, 15) is 0 Å². The van der Waals surface area contributed by atoms with Gasteiger partial charge < -0.3 is 4.90 Å². The van der Waals surface area contributed by atoms with Gasteiger partial charge in [-0.05, 0) is 113 Å². The van der Waals surface area contributed by atoms with E-state index in [1.165, 1.54) is 76.5 Å². The zero-order valence-corrected chi connectivity index (χ0v) is 29.2. The summed E-state index contributed by atoms with van der Waals surface area (Å²) in [7, 11) is 0. The van der Waals surface area contributed by atoms with Gasteiger partial charge in [0.15, 0.2) is 0 Å². The highest BCUT2D eigenvalue weighted by molar-refractivity contribution is 6.28. The average Bonchev–Trinajstić information content (AvgIpc) is 3.24. The summed E-state index contributed by atoms with van der Waals surface area (Å²) in [5.41, 5.74) is 10.6. The normalized spacial score (nSPS) is 11.4. The third kappa shape index (κ3) is 5.51. The topological polar surface area (TPSA) is 3.24 Å². The van der Waals surface area contributed by atoms with E-state index in [2.05, 4.69) is 217 Å². The summed E-state index contributed by atoms with van der Waals surface area (Å²) >= 11 is 0. The lowest BCUT2D eigenvalue weighted by Crippen LogP contribution is -2.09. The first kappa shape index (κ1) is 30.8. The number of anilines is 3. The minimum Gasteiger partial charge on any atom is -0.310 e. The van der Waals surface area contributed by atoms with Crippen molar-refractivity contribution in [3.05, 3.63) is 212 Å². The second-order valence-corrected chi connectivity index (χ2v) is 13.7. The van der Waals surface area contributed by atoms with Gasteiger partial charge in [0.05, 0.1) is 0 Å². The Morgan fingerprint density at radius 3 is 1.26 bits per heavy atom. The zero-order valence-electron chi connectivity index (χ0n) is 29.2. The molecule has 248 valence electrons. The van der Waals surface area contributed by atoms with E-state index in [1.807, 2.05) is 0 Å². The van der Waals surface area contributed by atoms with Crippen molar-refractivity contribution in [2.75, 3.05) is 4.90 Å². The molecule has 1 heteroatoms. The number of hydrogen-bond donors (Lipinski definition) is 0. The van der Waals surface area contributed by atoms with Crippen LogP contribution in [0.15, 0.2) is 212 Å². The summed E-state index contributed by atoms with van der Waals surface area (Å²) in [5, 5.41) is 10.2. The quantitative estimate of drug-likeness (QED) is 0.159. The van der Waals surface area contributed by atoms with Crippen LogP contribution in [0.1, 0.15) is 0 Å².